The minimum atomic E-state index is -4.93. The molecular weight excluding hydrogens is 558 g/mol. The quantitative estimate of drug-likeness (QED) is 0.310. The van der Waals surface area contributed by atoms with Crippen LogP contribution < -0.4 is 5.32 Å². The highest BCUT2D eigenvalue weighted by atomic mass is 19.4. The summed E-state index contributed by atoms with van der Waals surface area (Å²) in [7, 11) is 3.43. The summed E-state index contributed by atoms with van der Waals surface area (Å²) in [6, 6.07) is 20.2. The fourth-order valence-corrected chi connectivity index (χ4v) is 5.37. The Balaban J connectivity index is 1.49. The highest BCUT2D eigenvalue weighted by Gasteiger charge is 2.37. The molecule has 4 rings (SSSR count). The molecule has 0 radical (unpaired) electrons. The van der Waals surface area contributed by atoms with Crippen molar-refractivity contribution in [1.82, 2.24) is 20.0 Å². The molecule has 11 heteroatoms. The van der Waals surface area contributed by atoms with Gasteiger partial charge in [0.25, 0.3) is 0 Å². The van der Waals surface area contributed by atoms with E-state index in [2.05, 4.69) is 27.2 Å². The van der Waals surface area contributed by atoms with Gasteiger partial charge in [0.15, 0.2) is 0 Å². The van der Waals surface area contributed by atoms with Gasteiger partial charge in [0.2, 0.25) is 5.91 Å². The molecule has 226 valence electrons. The van der Waals surface area contributed by atoms with Crippen LogP contribution in [-0.2, 0) is 23.6 Å². The summed E-state index contributed by atoms with van der Waals surface area (Å²) < 4.78 is 79.9. The molecule has 1 N–H and O–H groups in total. The van der Waals surface area contributed by atoms with E-state index in [1.54, 1.807) is 0 Å². The van der Waals surface area contributed by atoms with Gasteiger partial charge in [-0.3, -0.25) is 14.6 Å². The van der Waals surface area contributed by atoms with E-state index in [-0.39, 0.29) is 36.7 Å². The summed E-state index contributed by atoms with van der Waals surface area (Å²) in [5.74, 6) is -0.272. The lowest BCUT2D eigenvalue weighted by Crippen LogP contribution is -2.53. The number of piperazine rings is 1. The van der Waals surface area contributed by atoms with Gasteiger partial charge >= 0.3 is 12.4 Å². The number of rotatable bonds is 9. The molecule has 1 saturated heterocycles. The highest BCUT2D eigenvalue weighted by molar-refractivity contribution is 5.83. The third-order valence-corrected chi connectivity index (χ3v) is 7.58. The molecule has 1 amide bonds. The van der Waals surface area contributed by atoms with Crippen LogP contribution in [-0.4, -0.2) is 67.4 Å². The maximum atomic E-state index is 13.8. The van der Waals surface area contributed by atoms with Gasteiger partial charge in [-0.2, -0.15) is 26.3 Å². The average Bonchev–Trinajstić information content (AvgIpc) is 2.97. The standard InChI is InChI=1S/C31H34F6N4O/c1-38-28(24-11-7-4-8-12-24)41-17-15-40(16-18-41)27(23-9-5-3-6-10-23)29(42)39(2)14-13-22-19-25(30(32,33)34)21-26(20-22)31(35,36)37/h3-12,19-21,27-28,38H,13-18H2,1-2H3. The Kier molecular flexibility index (Phi) is 9.96. The number of halogens is 6. The summed E-state index contributed by atoms with van der Waals surface area (Å²) in [6.07, 6.45) is -10.0. The molecule has 1 fully saturated rings. The van der Waals surface area contributed by atoms with Crippen molar-refractivity contribution in [1.29, 1.82) is 0 Å². The second-order valence-corrected chi connectivity index (χ2v) is 10.4. The number of nitrogens with one attached hydrogen (secondary N) is 1. The van der Waals surface area contributed by atoms with E-state index in [0.29, 0.717) is 38.3 Å². The molecule has 0 bridgehead atoms. The number of amides is 1. The van der Waals surface area contributed by atoms with Gasteiger partial charge in [-0.15, -0.1) is 0 Å². The lowest BCUT2D eigenvalue weighted by atomic mass is 10.0. The van der Waals surface area contributed by atoms with E-state index >= 15 is 0 Å². The Morgan fingerprint density at radius 3 is 1.74 bits per heavy atom. The minimum Gasteiger partial charge on any atom is -0.344 e. The van der Waals surface area contributed by atoms with Gasteiger partial charge in [0.05, 0.1) is 17.3 Å². The predicted octanol–water partition coefficient (Wildman–Crippen LogP) is 6.00. The SMILES string of the molecule is CNC(c1ccccc1)N1CCN(C(C(=O)N(C)CCc2cc(C(F)(F)F)cc(C(F)(F)F)c2)c2ccccc2)CC1. The summed E-state index contributed by atoms with van der Waals surface area (Å²) >= 11 is 0. The molecule has 0 spiro atoms. The van der Waals surface area contributed by atoms with Crippen LogP contribution in [0.25, 0.3) is 0 Å². The average molecular weight is 593 g/mol. The van der Waals surface area contributed by atoms with E-state index in [0.717, 1.165) is 11.1 Å². The number of carbonyl (C=O) groups is 1. The number of nitrogens with zero attached hydrogens (tertiary/aromatic N) is 3. The second-order valence-electron chi connectivity index (χ2n) is 10.4. The number of carbonyl (C=O) groups excluding carboxylic acids is 1. The Bertz CT molecular complexity index is 1280. The summed E-state index contributed by atoms with van der Waals surface area (Å²) in [6.45, 7) is 2.51. The molecule has 0 aliphatic carbocycles. The van der Waals surface area contributed by atoms with E-state index in [4.69, 9.17) is 0 Å². The van der Waals surface area contributed by atoms with E-state index in [9.17, 15) is 31.1 Å². The zero-order valence-corrected chi connectivity index (χ0v) is 23.4. The van der Waals surface area contributed by atoms with Crippen LogP contribution in [0.2, 0.25) is 0 Å². The third kappa shape index (κ3) is 7.70. The largest absolute Gasteiger partial charge is 0.416 e. The first-order valence-corrected chi connectivity index (χ1v) is 13.7. The minimum absolute atomic E-state index is 0.0101. The van der Waals surface area contributed by atoms with Crippen LogP contribution in [0.4, 0.5) is 26.3 Å². The molecule has 5 nitrogen and oxygen atoms in total. The van der Waals surface area contributed by atoms with Gasteiger partial charge in [-0.05, 0) is 48.4 Å². The van der Waals surface area contributed by atoms with Gasteiger partial charge in [-0.25, -0.2) is 0 Å². The number of hydrogen-bond donors (Lipinski definition) is 1. The first-order valence-electron chi connectivity index (χ1n) is 13.7. The van der Waals surface area contributed by atoms with E-state index in [1.165, 1.54) is 11.9 Å². The van der Waals surface area contributed by atoms with Gasteiger partial charge < -0.3 is 10.2 Å². The maximum absolute atomic E-state index is 13.8. The van der Waals surface area contributed by atoms with Crippen molar-refractivity contribution in [3.8, 4) is 0 Å². The molecule has 2 unspecified atom stereocenters. The number of benzene rings is 3. The van der Waals surface area contributed by atoms with Crippen molar-refractivity contribution < 1.29 is 31.1 Å². The Morgan fingerprint density at radius 1 is 0.786 bits per heavy atom. The van der Waals surface area contributed by atoms with Crippen LogP contribution >= 0.6 is 0 Å². The molecular formula is C31H34F6N4O. The Morgan fingerprint density at radius 2 is 1.26 bits per heavy atom. The molecule has 1 aliphatic heterocycles. The number of hydrogen-bond acceptors (Lipinski definition) is 4. The van der Waals surface area contributed by atoms with Crippen molar-refractivity contribution in [3.63, 3.8) is 0 Å². The molecule has 0 saturated carbocycles. The number of likely N-dealkylation sites (N-methyl/N-ethyl adjacent to an activating group) is 1. The molecule has 3 aromatic carbocycles. The van der Waals surface area contributed by atoms with Gasteiger partial charge in [0, 0.05) is 39.8 Å². The van der Waals surface area contributed by atoms with Gasteiger partial charge in [0.1, 0.15) is 6.04 Å². The third-order valence-electron chi connectivity index (χ3n) is 7.58. The van der Waals surface area contributed by atoms with Crippen LogP contribution in [0.5, 0.6) is 0 Å². The van der Waals surface area contributed by atoms with E-state index in [1.807, 2.05) is 55.6 Å². The lowest BCUT2D eigenvalue weighted by molar-refractivity contribution is -0.143. The molecule has 3 aromatic rings. The zero-order chi connectivity index (χ0) is 30.5. The van der Waals surface area contributed by atoms with Crippen LogP contribution in [0.1, 0.15) is 40.0 Å². The fourth-order valence-electron chi connectivity index (χ4n) is 5.37. The topological polar surface area (TPSA) is 38.8 Å². The van der Waals surface area contributed by atoms with Crippen LogP contribution in [0.15, 0.2) is 78.9 Å². The Hall–Kier alpha value is -3.41. The van der Waals surface area contributed by atoms with Crippen molar-refractivity contribution in [2.45, 2.75) is 31.0 Å². The predicted molar refractivity (Wildman–Crippen MR) is 148 cm³/mol. The smallest absolute Gasteiger partial charge is 0.344 e. The normalized spacial score (nSPS) is 16.7. The van der Waals surface area contributed by atoms with E-state index < -0.39 is 29.5 Å². The molecule has 2 atom stereocenters. The van der Waals surface area contributed by atoms with Crippen molar-refractivity contribution >= 4 is 5.91 Å². The fraction of sp³-hybridized carbons (Fsp3) is 0.387. The first-order chi connectivity index (χ1) is 19.9. The van der Waals surface area contributed by atoms with Crippen LogP contribution in [0.3, 0.4) is 0 Å². The second kappa shape index (κ2) is 13.3. The van der Waals surface area contributed by atoms with Gasteiger partial charge in [-0.1, -0.05) is 60.7 Å². The zero-order valence-electron chi connectivity index (χ0n) is 23.4. The molecule has 1 aliphatic rings. The lowest BCUT2D eigenvalue weighted by Gasteiger charge is -2.42. The number of alkyl halides is 6. The van der Waals surface area contributed by atoms with Crippen LogP contribution in [0, 0.1) is 0 Å². The molecule has 0 aromatic heterocycles. The van der Waals surface area contributed by atoms with Crippen molar-refractivity contribution in [2.75, 3.05) is 46.8 Å². The highest BCUT2D eigenvalue weighted by Crippen LogP contribution is 2.36. The first kappa shape index (κ1) is 31.5. The van der Waals surface area contributed by atoms with Crippen molar-refractivity contribution in [3.05, 3.63) is 107 Å². The molecule has 1 heterocycles. The monoisotopic (exact) mass is 592 g/mol. The van der Waals surface area contributed by atoms with Crippen molar-refractivity contribution in [2.24, 2.45) is 0 Å². The maximum Gasteiger partial charge on any atom is 0.416 e. The summed E-state index contributed by atoms with van der Waals surface area (Å²) in [5.41, 5.74) is -0.962. The summed E-state index contributed by atoms with van der Waals surface area (Å²) in [5, 5.41) is 3.35. The molecule has 42 heavy (non-hydrogen) atoms. The summed E-state index contributed by atoms with van der Waals surface area (Å²) in [4.78, 5) is 19.6. The Labute approximate surface area is 241 Å².